The summed E-state index contributed by atoms with van der Waals surface area (Å²) in [6, 6.07) is 0. The average molecular weight is 195 g/mol. The highest BCUT2D eigenvalue weighted by Crippen LogP contribution is 2.27. The maximum Gasteiger partial charge on any atom is 0.0875 e. The first kappa shape index (κ1) is 9.68. The molecule has 1 aromatic rings. The number of hydrogen-bond acceptors (Lipinski definition) is 3. The van der Waals surface area contributed by atoms with E-state index in [9.17, 15) is 5.11 Å². The molecular formula is C10H17N3O. The molecule has 0 radical (unpaired) electrons. The van der Waals surface area contributed by atoms with Crippen LogP contribution < -0.4 is 5.32 Å². The summed E-state index contributed by atoms with van der Waals surface area (Å²) < 4.78 is 1.78. The minimum Gasteiger partial charge on any atom is -0.388 e. The van der Waals surface area contributed by atoms with Gasteiger partial charge in [0.25, 0.3) is 0 Å². The molecule has 78 valence electrons. The van der Waals surface area contributed by atoms with Crippen LogP contribution in [0, 0.1) is 5.92 Å². The Balaban J connectivity index is 2.20. The standard InChI is InChI=1S/C10H17N3O/c1-3-9-8(6-13(2)12-9)10(14)7-4-11-5-7/h6-7,10-11,14H,3-5H2,1-2H3. The average Bonchev–Trinajstić information content (AvgIpc) is 2.43. The first-order chi connectivity index (χ1) is 6.72. The molecule has 2 N–H and O–H groups in total. The quantitative estimate of drug-likeness (QED) is 0.726. The van der Waals surface area contributed by atoms with Gasteiger partial charge in [0.1, 0.15) is 0 Å². The number of hydrogen-bond donors (Lipinski definition) is 2. The Morgan fingerprint density at radius 1 is 1.71 bits per heavy atom. The van der Waals surface area contributed by atoms with Crippen molar-refractivity contribution in [3.05, 3.63) is 17.5 Å². The minimum atomic E-state index is -0.347. The minimum absolute atomic E-state index is 0.347. The topological polar surface area (TPSA) is 50.1 Å². The molecular weight excluding hydrogens is 178 g/mol. The number of aliphatic hydroxyl groups excluding tert-OH is 1. The molecule has 1 aliphatic heterocycles. The molecule has 14 heavy (non-hydrogen) atoms. The van der Waals surface area contributed by atoms with Crippen LogP contribution in [-0.2, 0) is 13.5 Å². The van der Waals surface area contributed by atoms with E-state index in [-0.39, 0.29) is 6.10 Å². The lowest BCUT2D eigenvalue weighted by atomic mass is 9.91. The van der Waals surface area contributed by atoms with E-state index in [0.29, 0.717) is 5.92 Å². The van der Waals surface area contributed by atoms with E-state index >= 15 is 0 Å². The lowest BCUT2D eigenvalue weighted by Gasteiger charge is -2.31. The molecule has 0 spiro atoms. The zero-order valence-electron chi connectivity index (χ0n) is 8.70. The second-order valence-electron chi connectivity index (χ2n) is 3.92. The summed E-state index contributed by atoms with van der Waals surface area (Å²) >= 11 is 0. The normalized spacial score (nSPS) is 19.4. The van der Waals surface area contributed by atoms with E-state index < -0.39 is 0 Å². The van der Waals surface area contributed by atoms with Crippen LogP contribution in [0.2, 0.25) is 0 Å². The van der Waals surface area contributed by atoms with Crippen molar-refractivity contribution in [1.29, 1.82) is 0 Å². The SMILES string of the molecule is CCc1nn(C)cc1C(O)C1CNC1. The van der Waals surface area contributed by atoms with Crippen LogP contribution in [0.25, 0.3) is 0 Å². The number of nitrogens with one attached hydrogen (secondary N) is 1. The van der Waals surface area contributed by atoms with Crippen molar-refractivity contribution in [3.8, 4) is 0 Å². The third-order valence-electron chi connectivity index (χ3n) is 2.85. The first-order valence-electron chi connectivity index (χ1n) is 5.13. The molecule has 1 saturated heterocycles. The number of nitrogens with zero attached hydrogens (tertiary/aromatic N) is 2. The van der Waals surface area contributed by atoms with E-state index in [1.165, 1.54) is 0 Å². The Labute approximate surface area is 83.9 Å². The molecule has 4 heteroatoms. The Kier molecular flexibility index (Phi) is 2.56. The van der Waals surface area contributed by atoms with Crippen LogP contribution in [0.3, 0.4) is 0 Å². The maximum atomic E-state index is 10.1. The summed E-state index contributed by atoms with van der Waals surface area (Å²) in [4.78, 5) is 0. The molecule has 4 nitrogen and oxygen atoms in total. The van der Waals surface area contributed by atoms with Gasteiger partial charge >= 0.3 is 0 Å². The fourth-order valence-corrected chi connectivity index (χ4v) is 1.86. The van der Waals surface area contributed by atoms with E-state index in [2.05, 4.69) is 17.3 Å². The molecule has 0 aliphatic carbocycles. The van der Waals surface area contributed by atoms with Crippen molar-refractivity contribution in [2.45, 2.75) is 19.4 Å². The van der Waals surface area contributed by atoms with Crippen LogP contribution in [0.5, 0.6) is 0 Å². The molecule has 0 aromatic carbocycles. The van der Waals surface area contributed by atoms with Crippen molar-refractivity contribution >= 4 is 0 Å². The van der Waals surface area contributed by atoms with E-state index in [1.54, 1.807) is 4.68 Å². The van der Waals surface area contributed by atoms with E-state index in [4.69, 9.17) is 0 Å². The fraction of sp³-hybridized carbons (Fsp3) is 0.700. The molecule has 0 bridgehead atoms. The first-order valence-corrected chi connectivity index (χ1v) is 5.13. The summed E-state index contributed by atoms with van der Waals surface area (Å²) in [7, 11) is 1.90. The Hall–Kier alpha value is -0.870. The monoisotopic (exact) mass is 195 g/mol. The second-order valence-corrected chi connectivity index (χ2v) is 3.92. The largest absolute Gasteiger partial charge is 0.388 e. The van der Waals surface area contributed by atoms with E-state index in [1.807, 2.05) is 13.2 Å². The molecule has 1 aliphatic rings. The molecule has 1 fully saturated rings. The lowest BCUT2D eigenvalue weighted by molar-refractivity contribution is 0.0760. The number of aryl methyl sites for hydroxylation is 2. The van der Waals surface area contributed by atoms with Crippen LogP contribution in [-0.4, -0.2) is 28.0 Å². The number of aromatic nitrogens is 2. The lowest BCUT2D eigenvalue weighted by Crippen LogP contribution is -2.45. The van der Waals surface area contributed by atoms with Gasteiger partial charge in [0, 0.05) is 37.8 Å². The highest BCUT2D eigenvalue weighted by molar-refractivity contribution is 5.21. The summed E-state index contributed by atoms with van der Waals surface area (Å²) in [5.41, 5.74) is 2.02. The van der Waals surface area contributed by atoms with Gasteiger partial charge in [-0.2, -0.15) is 5.10 Å². The highest BCUT2D eigenvalue weighted by Gasteiger charge is 2.28. The van der Waals surface area contributed by atoms with Crippen LogP contribution >= 0.6 is 0 Å². The summed E-state index contributed by atoms with van der Waals surface area (Å²) in [6.45, 7) is 3.90. The predicted molar refractivity (Wildman–Crippen MR) is 53.9 cm³/mol. The van der Waals surface area contributed by atoms with Gasteiger partial charge in [0.05, 0.1) is 11.8 Å². The molecule has 1 aromatic heterocycles. The van der Waals surface area contributed by atoms with Crippen LogP contribution in [0.15, 0.2) is 6.20 Å². The molecule has 1 atom stereocenters. The van der Waals surface area contributed by atoms with Gasteiger partial charge in [0.2, 0.25) is 0 Å². The van der Waals surface area contributed by atoms with Crippen molar-refractivity contribution in [1.82, 2.24) is 15.1 Å². The van der Waals surface area contributed by atoms with Crippen molar-refractivity contribution in [3.63, 3.8) is 0 Å². The molecule has 0 saturated carbocycles. The van der Waals surface area contributed by atoms with E-state index in [0.717, 1.165) is 30.8 Å². The summed E-state index contributed by atoms with van der Waals surface area (Å²) in [5, 5.41) is 17.6. The maximum absolute atomic E-state index is 10.1. The zero-order valence-corrected chi connectivity index (χ0v) is 8.70. The Morgan fingerprint density at radius 3 is 2.93 bits per heavy atom. The van der Waals surface area contributed by atoms with Crippen molar-refractivity contribution in [2.75, 3.05) is 13.1 Å². The van der Waals surface area contributed by atoms with Gasteiger partial charge in [0.15, 0.2) is 0 Å². The third-order valence-corrected chi connectivity index (χ3v) is 2.85. The summed E-state index contributed by atoms with van der Waals surface area (Å²) in [6.07, 6.45) is 2.47. The fourth-order valence-electron chi connectivity index (χ4n) is 1.86. The van der Waals surface area contributed by atoms with Gasteiger partial charge in [-0.15, -0.1) is 0 Å². The van der Waals surface area contributed by atoms with Crippen LogP contribution in [0.4, 0.5) is 0 Å². The Morgan fingerprint density at radius 2 is 2.43 bits per heavy atom. The second kappa shape index (κ2) is 3.71. The van der Waals surface area contributed by atoms with Gasteiger partial charge in [-0.05, 0) is 6.42 Å². The van der Waals surface area contributed by atoms with Crippen molar-refractivity contribution in [2.24, 2.45) is 13.0 Å². The Bertz CT molecular complexity index is 317. The molecule has 0 amide bonds. The molecule has 2 heterocycles. The highest BCUT2D eigenvalue weighted by atomic mass is 16.3. The number of aliphatic hydroxyl groups is 1. The smallest absolute Gasteiger partial charge is 0.0875 e. The van der Waals surface area contributed by atoms with Gasteiger partial charge in [-0.25, -0.2) is 0 Å². The van der Waals surface area contributed by atoms with Crippen molar-refractivity contribution < 1.29 is 5.11 Å². The molecule has 1 unspecified atom stereocenters. The molecule has 2 rings (SSSR count). The summed E-state index contributed by atoms with van der Waals surface area (Å²) in [5.74, 6) is 0.365. The predicted octanol–water partition coefficient (Wildman–Crippen LogP) is 0.235. The zero-order chi connectivity index (χ0) is 10.1. The number of rotatable bonds is 3. The third kappa shape index (κ3) is 1.55. The van der Waals surface area contributed by atoms with Crippen LogP contribution in [0.1, 0.15) is 24.3 Å². The van der Waals surface area contributed by atoms with Gasteiger partial charge in [-0.1, -0.05) is 6.92 Å². The van der Waals surface area contributed by atoms with Gasteiger partial charge in [-0.3, -0.25) is 4.68 Å². The van der Waals surface area contributed by atoms with Gasteiger partial charge < -0.3 is 10.4 Å².